The minimum absolute atomic E-state index is 0.534. The molecule has 0 bridgehead atoms. The van der Waals surface area contributed by atoms with E-state index in [1.54, 1.807) is 6.07 Å². The number of aromatic nitrogens is 1. The second-order valence-electron chi connectivity index (χ2n) is 3.40. The van der Waals surface area contributed by atoms with Gasteiger partial charge in [0.15, 0.2) is 0 Å². The number of aryl methyl sites for hydroxylation is 1. The fourth-order valence-electron chi connectivity index (χ4n) is 1.48. The Morgan fingerprint density at radius 1 is 1.07 bits per heavy atom. The molecule has 0 aliphatic rings. The Morgan fingerprint density at radius 2 is 1.80 bits per heavy atom. The van der Waals surface area contributed by atoms with Crippen LogP contribution in [0.25, 0.3) is 11.3 Å². The minimum Gasteiger partial charge on any atom is -0.236 e. The molecule has 1 nitrogen and oxygen atoms in total. The third-order valence-corrected chi connectivity index (χ3v) is 2.58. The van der Waals surface area contributed by atoms with Crippen LogP contribution in [0.15, 0.2) is 42.5 Å². The molecule has 0 fully saturated rings. The van der Waals surface area contributed by atoms with Crippen molar-refractivity contribution in [3.63, 3.8) is 0 Å². The zero-order valence-corrected chi connectivity index (χ0v) is 9.33. The Bertz CT molecular complexity index is 448. The summed E-state index contributed by atoms with van der Waals surface area (Å²) < 4.78 is 0. The second kappa shape index (κ2) is 4.45. The number of benzene rings is 1. The van der Waals surface area contributed by atoms with Crippen molar-refractivity contribution in [2.45, 2.75) is 13.3 Å². The van der Waals surface area contributed by atoms with Gasteiger partial charge < -0.3 is 0 Å². The quantitative estimate of drug-likeness (QED) is 0.694. The van der Waals surface area contributed by atoms with Gasteiger partial charge in [-0.3, -0.25) is 0 Å². The number of rotatable bonds is 2. The summed E-state index contributed by atoms with van der Waals surface area (Å²) in [5.41, 5.74) is 3.36. The Morgan fingerprint density at radius 3 is 2.40 bits per heavy atom. The fraction of sp³-hybridized carbons (Fsp3) is 0.154. The third-order valence-electron chi connectivity index (χ3n) is 2.37. The molecule has 0 N–H and O–H groups in total. The van der Waals surface area contributed by atoms with E-state index in [2.05, 4.69) is 36.2 Å². The first-order chi connectivity index (χ1) is 7.29. The highest BCUT2D eigenvalue weighted by Crippen LogP contribution is 2.19. The van der Waals surface area contributed by atoms with E-state index in [4.69, 9.17) is 11.6 Å². The summed E-state index contributed by atoms with van der Waals surface area (Å²) in [6, 6.07) is 14.1. The van der Waals surface area contributed by atoms with Crippen molar-refractivity contribution in [3.05, 3.63) is 53.2 Å². The molecule has 0 aliphatic heterocycles. The van der Waals surface area contributed by atoms with Crippen LogP contribution in [-0.2, 0) is 6.42 Å². The van der Waals surface area contributed by atoms with Gasteiger partial charge in [0.25, 0.3) is 0 Å². The average molecular weight is 218 g/mol. The lowest BCUT2D eigenvalue weighted by atomic mass is 10.1. The van der Waals surface area contributed by atoms with E-state index in [1.165, 1.54) is 5.56 Å². The molecule has 0 amide bonds. The van der Waals surface area contributed by atoms with Crippen molar-refractivity contribution in [2.24, 2.45) is 0 Å². The first-order valence-corrected chi connectivity index (χ1v) is 5.39. The van der Waals surface area contributed by atoms with Crippen molar-refractivity contribution < 1.29 is 0 Å². The van der Waals surface area contributed by atoms with E-state index < -0.39 is 0 Å². The molecule has 2 aromatic rings. The van der Waals surface area contributed by atoms with Crippen LogP contribution in [0.2, 0.25) is 5.15 Å². The van der Waals surface area contributed by atoms with Crippen LogP contribution < -0.4 is 0 Å². The molecular formula is C13H12ClN. The summed E-state index contributed by atoms with van der Waals surface area (Å²) in [6.45, 7) is 2.15. The number of nitrogens with zero attached hydrogens (tertiary/aromatic N) is 1. The number of halogens is 1. The number of hydrogen-bond donors (Lipinski definition) is 0. The summed E-state index contributed by atoms with van der Waals surface area (Å²) in [4.78, 5) is 4.26. The van der Waals surface area contributed by atoms with Gasteiger partial charge in [0, 0.05) is 5.56 Å². The first kappa shape index (κ1) is 10.2. The molecule has 2 rings (SSSR count). The average Bonchev–Trinajstić information content (AvgIpc) is 2.29. The molecule has 0 spiro atoms. The largest absolute Gasteiger partial charge is 0.236 e. The molecule has 0 radical (unpaired) electrons. The van der Waals surface area contributed by atoms with Crippen LogP contribution in [0.4, 0.5) is 0 Å². The zero-order chi connectivity index (χ0) is 10.7. The molecule has 0 atom stereocenters. The standard InChI is InChI=1S/C13H12ClN/c1-2-10-6-8-11(9-7-10)12-4-3-5-13(14)15-12/h3-9H,2H2,1H3. The summed E-state index contributed by atoms with van der Waals surface area (Å²) in [6.07, 6.45) is 1.06. The Balaban J connectivity index is 2.37. The summed E-state index contributed by atoms with van der Waals surface area (Å²) >= 11 is 5.84. The first-order valence-electron chi connectivity index (χ1n) is 5.01. The highest BCUT2D eigenvalue weighted by atomic mass is 35.5. The Kier molecular flexibility index (Phi) is 3.02. The highest BCUT2D eigenvalue weighted by molar-refractivity contribution is 6.29. The maximum absolute atomic E-state index is 5.84. The van der Waals surface area contributed by atoms with Gasteiger partial charge in [0.2, 0.25) is 0 Å². The molecule has 76 valence electrons. The molecule has 0 saturated carbocycles. The van der Waals surface area contributed by atoms with Crippen LogP contribution in [-0.4, -0.2) is 4.98 Å². The summed E-state index contributed by atoms with van der Waals surface area (Å²) in [5, 5.41) is 0.534. The van der Waals surface area contributed by atoms with Crippen molar-refractivity contribution in [1.29, 1.82) is 0 Å². The Hall–Kier alpha value is -1.34. The SMILES string of the molecule is CCc1ccc(-c2cccc(Cl)n2)cc1. The molecule has 2 heteroatoms. The lowest BCUT2D eigenvalue weighted by Crippen LogP contribution is -1.84. The molecule has 15 heavy (non-hydrogen) atoms. The van der Waals surface area contributed by atoms with Gasteiger partial charge in [-0.15, -0.1) is 0 Å². The zero-order valence-electron chi connectivity index (χ0n) is 8.57. The van der Waals surface area contributed by atoms with Gasteiger partial charge in [-0.05, 0) is 24.1 Å². The molecule has 0 aliphatic carbocycles. The van der Waals surface area contributed by atoms with Crippen molar-refractivity contribution >= 4 is 11.6 Å². The lowest BCUT2D eigenvalue weighted by molar-refractivity contribution is 1.14. The van der Waals surface area contributed by atoms with E-state index in [9.17, 15) is 0 Å². The normalized spacial score (nSPS) is 10.3. The fourth-order valence-corrected chi connectivity index (χ4v) is 1.64. The highest BCUT2D eigenvalue weighted by Gasteiger charge is 1.99. The van der Waals surface area contributed by atoms with E-state index in [1.807, 2.05) is 12.1 Å². The van der Waals surface area contributed by atoms with Crippen LogP contribution >= 0.6 is 11.6 Å². The van der Waals surface area contributed by atoms with E-state index in [-0.39, 0.29) is 0 Å². The monoisotopic (exact) mass is 217 g/mol. The number of pyridine rings is 1. The topological polar surface area (TPSA) is 12.9 Å². The lowest BCUT2D eigenvalue weighted by Gasteiger charge is -2.02. The van der Waals surface area contributed by atoms with E-state index in [0.29, 0.717) is 5.15 Å². The van der Waals surface area contributed by atoms with Crippen LogP contribution in [0.5, 0.6) is 0 Å². The van der Waals surface area contributed by atoms with E-state index in [0.717, 1.165) is 17.7 Å². The van der Waals surface area contributed by atoms with Gasteiger partial charge in [-0.1, -0.05) is 48.9 Å². The summed E-state index contributed by atoms with van der Waals surface area (Å²) in [5.74, 6) is 0. The molecule has 1 heterocycles. The van der Waals surface area contributed by atoms with Gasteiger partial charge in [-0.2, -0.15) is 0 Å². The van der Waals surface area contributed by atoms with Crippen LogP contribution in [0, 0.1) is 0 Å². The van der Waals surface area contributed by atoms with Crippen molar-refractivity contribution in [1.82, 2.24) is 4.98 Å². The maximum atomic E-state index is 5.84. The van der Waals surface area contributed by atoms with Crippen molar-refractivity contribution in [2.75, 3.05) is 0 Å². The third kappa shape index (κ3) is 2.37. The predicted molar refractivity (Wildman–Crippen MR) is 64.1 cm³/mol. The molecule has 1 aromatic carbocycles. The number of hydrogen-bond acceptors (Lipinski definition) is 1. The second-order valence-corrected chi connectivity index (χ2v) is 3.78. The smallest absolute Gasteiger partial charge is 0.129 e. The van der Waals surface area contributed by atoms with Crippen molar-refractivity contribution in [3.8, 4) is 11.3 Å². The predicted octanol–water partition coefficient (Wildman–Crippen LogP) is 3.96. The summed E-state index contributed by atoms with van der Waals surface area (Å²) in [7, 11) is 0. The molecule has 0 unspecified atom stereocenters. The molecule has 0 saturated heterocycles. The van der Waals surface area contributed by atoms with Gasteiger partial charge in [-0.25, -0.2) is 4.98 Å². The van der Waals surface area contributed by atoms with Gasteiger partial charge >= 0.3 is 0 Å². The van der Waals surface area contributed by atoms with Crippen LogP contribution in [0.1, 0.15) is 12.5 Å². The minimum atomic E-state index is 0.534. The van der Waals surface area contributed by atoms with Gasteiger partial charge in [0.1, 0.15) is 5.15 Å². The van der Waals surface area contributed by atoms with Gasteiger partial charge in [0.05, 0.1) is 5.69 Å². The molecule has 1 aromatic heterocycles. The van der Waals surface area contributed by atoms with E-state index >= 15 is 0 Å². The Labute approximate surface area is 94.7 Å². The molecular weight excluding hydrogens is 206 g/mol. The maximum Gasteiger partial charge on any atom is 0.129 e. The van der Waals surface area contributed by atoms with Crippen LogP contribution in [0.3, 0.4) is 0 Å².